The van der Waals surface area contributed by atoms with Crippen molar-refractivity contribution in [3.8, 4) is 5.69 Å². The molecule has 1 atom stereocenters. The minimum atomic E-state index is -0.320. The number of carbonyl (C=O) groups is 1. The molecule has 0 saturated heterocycles. The summed E-state index contributed by atoms with van der Waals surface area (Å²) in [5.41, 5.74) is 3.43. The van der Waals surface area contributed by atoms with Crippen molar-refractivity contribution in [2.45, 2.75) is 53.5 Å². The van der Waals surface area contributed by atoms with E-state index in [2.05, 4.69) is 0 Å². The Morgan fingerprint density at radius 2 is 1.86 bits per heavy atom. The molecule has 1 heterocycles. The van der Waals surface area contributed by atoms with Crippen molar-refractivity contribution in [2.24, 2.45) is 0 Å². The van der Waals surface area contributed by atoms with E-state index in [0.717, 1.165) is 23.2 Å². The first kappa shape index (κ1) is 20.8. The zero-order valence-corrected chi connectivity index (χ0v) is 17.9. The Bertz CT molecular complexity index is 1100. The number of nitrogens with zero attached hydrogens (tertiary/aromatic N) is 3. The predicted octanol–water partition coefficient (Wildman–Crippen LogP) is 4.71. The number of benzene rings is 2. The van der Waals surface area contributed by atoms with Gasteiger partial charge in [-0.05, 0) is 56.5 Å². The number of aryl methyl sites for hydroxylation is 2. The van der Waals surface area contributed by atoms with Gasteiger partial charge >= 0.3 is 0 Å². The maximum Gasteiger partial charge on any atom is 0.266 e. The number of hydrogen-bond acceptors (Lipinski definition) is 3. The van der Waals surface area contributed by atoms with Crippen molar-refractivity contribution in [1.82, 2.24) is 14.5 Å². The maximum atomic E-state index is 13.6. The average molecular weight is 392 g/mol. The van der Waals surface area contributed by atoms with Gasteiger partial charge in [0.1, 0.15) is 5.82 Å². The van der Waals surface area contributed by atoms with E-state index in [4.69, 9.17) is 4.98 Å². The monoisotopic (exact) mass is 391 g/mol. The quantitative estimate of drug-likeness (QED) is 0.611. The van der Waals surface area contributed by atoms with Gasteiger partial charge < -0.3 is 4.90 Å². The van der Waals surface area contributed by atoms with Gasteiger partial charge in [0.05, 0.1) is 22.6 Å². The predicted molar refractivity (Wildman–Crippen MR) is 118 cm³/mol. The molecule has 0 radical (unpaired) electrons. The molecule has 0 fully saturated rings. The Morgan fingerprint density at radius 3 is 2.55 bits per heavy atom. The molecule has 1 amide bonds. The van der Waals surface area contributed by atoms with Crippen LogP contribution < -0.4 is 5.56 Å². The smallest absolute Gasteiger partial charge is 0.266 e. The summed E-state index contributed by atoms with van der Waals surface area (Å²) in [6.07, 6.45) is 1.27. The summed E-state index contributed by atoms with van der Waals surface area (Å²) >= 11 is 0. The van der Waals surface area contributed by atoms with Gasteiger partial charge in [0.25, 0.3) is 5.56 Å². The van der Waals surface area contributed by atoms with Crippen LogP contribution in [0.25, 0.3) is 16.6 Å². The van der Waals surface area contributed by atoms with E-state index in [0.29, 0.717) is 29.7 Å². The van der Waals surface area contributed by atoms with Crippen LogP contribution in [0.1, 0.15) is 56.6 Å². The van der Waals surface area contributed by atoms with E-state index >= 15 is 0 Å². The lowest BCUT2D eigenvalue weighted by molar-refractivity contribution is -0.133. The summed E-state index contributed by atoms with van der Waals surface area (Å²) in [6.45, 7) is 10.5. The van der Waals surface area contributed by atoms with Crippen molar-refractivity contribution >= 4 is 16.8 Å². The molecule has 0 bridgehead atoms. The molecule has 2 aromatic carbocycles. The number of para-hydroxylation sites is 1. The van der Waals surface area contributed by atoms with E-state index in [1.807, 2.05) is 82.0 Å². The fourth-order valence-electron chi connectivity index (χ4n) is 3.74. The molecule has 0 aliphatic carbocycles. The normalized spacial score (nSPS) is 12.2. The first-order chi connectivity index (χ1) is 13.9. The van der Waals surface area contributed by atoms with E-state index in [9.17, 15) is 9.59 Å². The van der Waals surface area contributed by atoms with Crippen LogP contribution in [0.4, 0.5) is 0 Å². The third kappa shape index (κ3) is 3.95. The van der Waals surface area contributed by atoms with Crippen LogP contribution in [0.15, 0.2) is 47.3 Å². The van der Waals surface area contributed by atoms with Gasteiger partial charge in [0, 0.05) is 13.0 Å². The zero-order chi connectivity index (χ0) is 21.1. The standard InChI is InChI=1S/C24H29N3O2/c1-6-14-26(22(28)7-2)18(5)23-25-20-11-9-8-10-19(20)24(29)27(23)21-15-16(3)12-13-17(21)4/h8-13,15,18H,6-7,14H2,1-5H3. The molecule has 0 spiro atoms. The molecule has 5 heteroatoms. The number of fused-ring (bicyclic) bond motifs is 1. The first-order valence-electron chi connectivity index (χ1n) is 10.3. The Kier molecular flexibility index (Phi) is 6.16. The second-order valence-electron chi connectivity index (χ2n) is 7.53. The molecule has 0 aliphatic rings. The zero-order valence-electron chi connectivity index (χ0n) is 17.9. The van der Waals surface area contributed by atoms with Crippen molar-refractivity contribution in [3.05, 3.63) is 69.8 Å². The number of amides is 1. The lowest BCUT2D eigenvalue weighted by atomic mass is 10.1. The molecule has 5 nitrogen and oxygen atoms in total. The van der Waals surface area contributed by atoms with E-state index in [-0.39, 0.29) is 17.5 Å². The largest absolute Gasteiger partial charge is 0.333 e. The SMILES string of the molecule is CCCN(C(=O)CC)C(C)c1nc2ccccc2c(=O)n1-c1cc(C)ccc1C. The topological polar surface area (TPSA) is 55.2 Å². The van der Waals surface area contributed by atoms with E-state index < -0.39 is 0 Å². The molecule has 1 aromatic heterocycles. The van der Waals surface area contributed by atoms with Gasteiger partial charge in [-0.1, -0.05) is 38.1 Å². The molecule has 152 valence electrons. The minimum absolute atomic E-state index is 0.0641. The van der Waals surface area contributed by atoms with Crippen LogP contribution >= 0.6 is 0 Å². The molecule has 1 unspecified atom stereocenters. The molecule has 29 heavy (non-hydrogen) atoms. The van der Waals surface area contributed by atoms with E-state index in [1.165, 1.54) is 0 Å². The Balaban J connectivity index is 2.34. The van der Waals surface area contributed by atoms with Crippen LogP contribution in [-0.2, 0) is 4.79 Å². The highest BCUT2D eigenvalue weighted by atomic mass is 16.2. The number of rotatable bonds is 6. The lowest BCUT2D eigenvalue weighted by Gasteiger charge is -2.30. The highest BCUT2D eigenvalue weighted by Gasteiger charge is 2.26. The second-order valence-corrected chi connectivity index (χ2v) is 7.53. The molecule has 3 aromatic rings. The van der Waals surface area contributed by atoms with Gasteiger partial charge in [0.2, 0.25) is 5.91 Å². The summed E-state index contributed by atoms with van der Waals surface area (Å²) in [5.74, 6) is 0.659. The fourth-order valence-corrected chi connectivity index (χ4v) is 3.74. The van der Waals surface area contributed by atoms with Crippen LogP contribution in [0.2, 0.25) is 0 Å². The van der Waals surface area contributed by atoms with Gasteiger partial charge in [0.15, 0.2) is 0 Å². The number of hydrogen-bond donors (Lipinski definition) is 0. The van der Waals surface area contributed by atoms with Crippen LogP contribution in [0, 0.1) is 13.8 Å². The van der Waals surface area contributed by atoms with Crippen molar-refractivity contribution in [2.75, 3.05) is 6.54 Å². The Morgan fingerprint density at radius 1 is 1.14 bits per heavy atom. The molecular weight excluding hydrogens is 362 g/mol. The highest BCUT2D eigenvalue weighted by Crippen LogP contribution is 2.25. The summed E-state index contributed by atoms with van der Waals surface area (Å²) < 4.78 is 1.70. The molecule has 0 saturated carbocycles. The number of aromatic nitrogens is 2. The van der Waals surface area contributed by atoms with Crippen molar-refractivity contribution < 1.29 is 4.79 Å². The molecule has 0 N–H and O–H groups in total. The molecular formula is C24H29N3O2. The lowest BCUT2D eigenvalue weighted by Crippen LogP contribution is -2.37. The Labute approximate surface area is 172 Å². The van der Waals surface area contributed by atoms with Crippen molar-refractivity contribution in [1.29, 1.82) is 0 Å². The third-order valence-corrected chi connectivity index (χ3v) is 5.34. The average Bonchev–Trinajstić information content (AvgIpc) is 2.73. The summed E-state index contributed by atoms with van der Waals surface area (Å²) in [4.78, 5) is 32.9. The van der Waals surface area contributed by atoms with Crippen LogP contribution in [-0.4, -0.2) is 26.9 Å². The summed E-state index contributed by atoms with van der Waals surface area (Å²) in [7, 11) is 0. The minimum Gasteiger partial charge on any atom is -0.333 e. The Hall–Kier alpha value is -2.95. The first-order valence-corrected chi connectivity index (χ1v) is 10.3. The third-order valence-electron chi connectivity index (χ3n) is 5.34. The van der Waals surface area contributed by atoms with Gasteiger partial charge in [-0.15, -0.1) is 0 Å². The highest BCUT2D eigenvalue weighted by molar-refractivity contribution is 5.79. The summed E-state index contributed by atoms with van der Waals surface area (Å²) in [6, 6.07) is 13.1. The summed E-state index contributed by atoms with van der Waals surface area (Å²) in [5, 5.41) is 0.577. The van der Waals surface area contributed by atoms with Crippen LogP contribution in [0.3, 0.4) is 0 Å². The molecule has 0 aliphatic heterocycles. The molecule has 3 rings (SSSR count). The van der Waals surface area contributed by atoms with E-state index in [1.54, 1.807) is 4.57 Å². The maximum absolute atomic E-state index is 13.6. The van der Waals surface area contributed by atoms with Crippen LogP contribution in [0.5, 0.6) is 0 Å². The second kappa shape index (κ2) is 8.60. The van der Waals surface area contributed by atoms with Gasteiger partial charge in [-0.3, -0.25) is 14.2 Å². The van der Waals surface area contributed by atoms with Gasteiger partial charge in [-0.25, -0.2) is 4.98 Å². The number of carbonyl (C=O) groups excluding carboxylic acids is 1. The van der Waals surface area contributed by atoms with Gasteiger partial charge in [-0.2, -0.15) is 0 Å². The van der Waals surface area contributed by atoms with Crippen molar-refractivity contribution in [3.63, 3.8) is 0 Å². The fraction of sp³-hybridized carbons (Fsp3) is 0.375.